The van der Waals surface area contributed by atoms with Crippen LogP contribution in [0.4, 0.5) is 4.79 Å². The van der Waals surface area contributed by atoms with E-state index in [1.54, 1.807) is 12.4 Å². The number of amides is 2. The van der Waals surface area contributed by atoms with E-state index in [2.05, 4.69) is 10.3 Å². The van der Waals surface area contributed by atoms with Crippen molar-refractivity contribution in [3.8, 4) is 0 Å². The molecule has 1 spiro atoms. The molecule has 2 aliphatic rings. The molecule has 1 N–H and O–H groups in total. The van der Waals surface area contributed by atoms with E-state index in [9.17, 15) is 4.79 Å². The van der Waals surface area contributed by atoms with Crippen molar-refractivity contribution in [3.63, 3.8) is 0 Å². The number of ether oxygens (including phenoxy) is 1. The van der Waals surface area contributed by atoms with Gasteiger partial charge in [0.05, 0.1) is 18.2 Å². The summed E-state index contributed by atoms with van der Waals surface area (Å²) in [6, 6.07) is 4.05. The second-order valence-corrected chi connectivity index (χ2v) is 6.77. The number of aromatic nitrogens is 1. The molecule has 2 heterocycles. The lowest BCUT2D eigenvalue weighted by atomic mass is 9.82. The highest BCUT2D eigenvalue weighted by molar-refractivity contribution is 5.74. The number of nitrogens with one attached hydrogen (secondary N) is 1. The summed E-state index contributed by atoms with van der Waals surface area (Å²) in [4.78, 5) is 18.4. The van der Waals surface area contributed by atoms with Gasteiger partial charge in [-0.2, -0.15) is 0 Å². The molecule has 5 heteroatoms. The van der Waals surface area contributed by atoms with E-state index in [-0.39, 0.29) is 17.7 Å². The minimum atomic E-state index is 0.00534. The number of hydrogen-bond donors (Lipinski definition) is 1. The summed E-state index contributed by atoms with van der Waals surface area (Å²) in [6.07, 6.45) is 10.6. The van der Waals surface area contributed by atoms with Crippen LogP contribution in [0.15, 0.2) is 24.5 Å². The Labute approximate surface area is 138 Å². The number of hydrogen-bond acceptors (Lipinski definition) is 3. The van der Waals surface area contributed by atoms with Crippen molar-refractivity contribution in [2.75, 3.05) is 13.2 Å². The topological polar surface area (TPSA) is 54.5 Å². The van der Waals surface area contributed by atoms with Crippen LogP contribution in [0.3, 0.4) is 0 Å². The fourth-order valence-corrected chi connectivity index (χ4v) is 3.78. The maximum atomic E-state index is 12.5. The van der Waals surface area contributed by atoms with Gasteiger partial charge in [0.1, 0.15) is 0 Å². The summed E-state index contributed by atoms with van der Waals surface area (Å²) in [5.41, 5.74) is 1.14. The molecule has 1 saturated heterocycles. The average molecular weight is 317 g/mol. The number of rotatable bonds is 4. The van der Waals surface area contributed by atoms with E-state index in [0.717, 1.165) is 24.8 Å². The molecular weight excluding hydrogens is 290 g/mol. The van der Waals surface area contributed by atoms with Crippen LogP contribution in [0.25, 0.3) is 0 Å². The van der Waals surface area contributed by atoms with Crippen LogP contribution in [-0.2, 0) is 11.3 Å². The highest BCUT2D eigenvalue weighted by atomic mass is 16.5. The third-order valence-corrected chi connectivity index (χ3v) is 5.09. The van der Waals surface area contributed by atoms with E-state index >= 15 is 0 Å². The Kier molecular flexibility index (Phi) is 5.16. The summed E-state index contributed by atoms with van der Waals surface area (Å²) in [7, 11) is 0. The molecule has 2 amide bonds. The minimum absolute atomic E-state index is 0.00534. The fraction of sp³-hybridized carbons (Fsp3) is 0.667. The van der Waals surface area contributed by atoms with Crippen LogP contribution < -0.4 is 5.32 Å². The predicted molar refractivity (Wildman–Crippen MR) is 89.0 cm³/mol. The van der Waals surface area contributed by atoms with Gasteiger partial charge in [0.2, 0.25) is 0 Å². The first-order valence-electron chi connectivity index (χ1n) is 8.79. The summed E-state index contributed by atoms with van der Waals surface area (Å²) >= 11 is 0. The second-order valence-electron chi connectivity index (χ2n) is 6.77. The molecule has 1 saturated carbocycles. The van der Waals surface area contributed by atoms with E-state index in [4.69, 9.17) is 4.74 Å². The molecule has 0 aromatic carbocycles. The molecule has 1 atom stereocenters. The summed E-state index contributed by atoms with van der Waals surface area (Å²) in [5, 5.41) is 3.17. The lowest BCUT2D eigenvalue weighted by Crippen LogP contribution is -2.45. The van der Waals surface area contributed by atoms with Crippen molar-refractivity contribution in [1.82, 2.24) is 15.2 Å². The zero-order chi connectivity index (χ0) is 16.1. The van der Waals surface area contributed by atoms with Gasteiger partial charge in [-0.1, -0.05) is 19.3 Å². The standard InChI is InChI=1S/C18H27N3O2/c1-2-21(13-15-6-10-19-11-7-15)17(22)20-16-12-18(23-14-16)8-4-3-5-9-18/h6-7,10-11,16H,2-5,8-9,12-14H2,1H3,(H,20,22)/t16-/m1/s1. The highest BCUT2D eigenvalue weighted by Crippen LogP contribution is 2.39. The van der Waals surface area contributed by atoms with Gasteiger partial charge in [0.15, 0.2) is 0 Å². The van der Waals surface area contributed by atoms with Crippen molar-refractivity contribution in [1.29, 1.82) is 0 Å². The zero-order valence-electron chi connectivity index (χ0n) is 14.0. The smallest absolute Gasteiger partial charge is 0.317 e. The largest absolute Gasteiger partial charge is 0.373 e. The molecule has 2 fully saturated rings. The maximum absolute atomic E-state index is 12.5. The molecule has 0 bridgehead atoms. The van der Waals surface area contributed by atoms with Gasteiger partial charge in [-0.05, 0) is 43.9 Å². The number of urea groups is 1. The van der Waals surface area contributed by atoms with Crippen LogP contribution in [0, 0.1) is 0 Å². The fourth-order valence-electron chi connectivity index (χ4n) is 3.78. The van der Waals surface area contributed by atoms with Gasteiger partial charge in [-0.25, -0.2) is 4.79 Å². The first-order chi connectivity index (χ1) is 11.2. The van der Waals surface area contributed by atoms with Crippen LogP contribution in [0.2, 0.25) is 0 Å². The van der Waals surface area contributed by atoms with Crippen molar-refractivity contribution in [2.24, 2.45) is 0 Å². The van der Waals surface area contributed by atoms with Gasteiger partial charge < -0.3 is 15.0 Å². The Hall–Kier alpha value is -1.62. The van der Waals surface area contributed by atoms with Crippen LogP contribution >= 0.6 is 0 Å². The average Bonchev–Trinajstić information content (AvgIpc) is 2.96. The van der Waals surface area contributed by atoms with Gasteiger partial charge >= 0.3 is 6.03 Å². The number of carbonyl (C=O) groups is 1. The molecule has 1 aliphatic carbocycles. The molecule has 1 aliphatic heterocycles. The molecule has 126 valence electrons. The van der Waals surface area contributed by atoms with Crippen molar-refractivity contribution in [2.45, 2.75) is 63.6 Å². The Morgan fingerprint density at radius 3 is 2.78 bits per heavy atom. The first-order valence-corrected chi connectivity index (χ1v) is 8.79. The summed E-state index contributed by atoms with van der Waals surface area (Å²) in [5.74, 6) is 0. The van der Waals surface area contributed by atoms with Crippen LogP contribution in [0.5, 0.6) is 0 Å². The molecule has 0 unspecified atom stereocenters. The molecule has 23 heavy (non-hydrogen) atoms. The van der Waals surface area contributed by atoms with Gasteiger partial charge in [-0.15, -0.1) is 0 Å². The van der Waals surface area contributed by atoms with Crippen molar-refractivity contribution in [3.05, 3.63) is 30.1 Å². The summed E-state index contributed by atoms with van der Waals surface area (Å²) in [6.45, 7) is 3.96. The molecule has 5 nitrogen and oxygen atoms in total. The third-order valence-electron chi connectivity index (χ3n) is 5.09. The second kappa shape index (κ2) is 7.30. The number of nitrogens with zero attached hydrogens (tertiary/aromatic N) is 2. The minimum Gasteiger partial charge on any atom is -0.373 e. The van der Waals surface area contributed by atoms with E-state index in [1.165, 1.54) is 19.3 Å². The van der Waals surface area contributed by atoms with Crippen molar-refractivity contribution >= 4 is 6.03 Å². The number of carbonyl (C=O) groups excluding carboxylic acids is 1. The Balaban J connectivity index is 1.53. The SMILES string of the molecule is CCN(Cc1ccncc1)C(=O)N[C@H]1COC2(CCCCC2)C1. The van der Waals surface area contributed by atoms with E-state index in [0.29, 0.717) is 19.7 Å². The van der Waals surface area contributed by atoms with Crippen molar-refractivity contribution < 1.29 is 9.53 Å². The molecule has 0 radical (unpaired) electrons. The molecule has 3 rings (SSSR count). The Bertz CT molecular complexity index is 514. The molecular formula is C18H27N3O2. The lowest BCUT2D eigenvalue weighted by Gasteiger charge is -2.32. The van der Waals surface area contributed by atoms with E-state index in [1.807, 2.05) is 24.0 Å². The quantitative estimate of drug-likeness (QED) is 0.928. The first kappa shape index (κ1) is 16.2. The summed E-state index contributed by atoms with van der Waals surface area (Å²) < 4.78 is 6.09. The Morgan fingerprint density at radius 1 is 1.35 bits per heavy atom. The van der Waals surface area contributed by atoms with Gasteiger partial charge in [0, 0.05) is 25.5 Å². The number of pyridine rings is 1. The maximum Gasteiger partial charge on any atom is 0.317 e. The third kappa shape index (κ3) is 4.02. The highest BCUT2D eigenvalue weighted by Gasteiger charge is 2.41. The molecule has 1 aromatic heterocycles. The lowest BCUT2D eigenvalue weighted by molar-refractivity contribution is -0.0246. The predicted octanol–water partition coefficient (Wildman–Crippen LogP) is 3.10. The van der Waals surface area contributed by atoms with Gasteiger partial charge in [-0.3, -0.25) is 4.98 Å². The van der Waals surface area contributed by atoms with Crippen LogP contribution in [-0.4, -0.2) is 40.7 Å². The van der Waals surface area contributed by atoms with E-state index < -0.39 is 0 Å². The van der Waals surface area contributed by atoms with Crippen LogP contribution in [0.1, 0.15) is 51.0 Å². The Morgan fingerprint density at radius 2 is 2.09 bits per heavy atom. The van der Waals surface area contributed by atoms with Gasteiger partial charge in [0.25, 0.3) is 0 Å². The monoisotopic (exact) mass is 317 g/mol. The zero-order valence-corrected chi connectivity index (χ0v) is 14.0. The molecule has 1 aromatic rings. The normalized spacial score (nSPS) is 22.9.